The van der Waals surface area contributed by atoms with Crippen molar-refractivity contribution in [3.63, 3.8) is 0 Å². The smallest absolute Gasteiger partial charge is 0.162 e. The maximum Gasteiger partial charge on any atom is 0.162 e. The van der Waals surface area contributed by atoms with Gasteiger partial charge in [0.05, 0.1) is 14.2 Å². The molecule has 0 aromatic heterocycles. The van der Waals surface area contributed by atoms with Gasteiger partial charge in [0.2, 0.25) is 0 Å². The third-order valence-corrected chi connectivity index (χ3v) is 1.99. The van der Waals surface area contributed by atoms with E-state index in [2.05, 4.69) is 0 Å². The number of nitrogen functional groups attached to an aromatic ring is 1. The van der Waals surface area contributed by atoms with Gasteiger partial charge in [0.25, 0.3) is 0 Å². The van der Waals surface area contributed by atoms with E-state index >= 15 is 0 Å². The van der Waals surface area contributed by atoms with Crippen LogP contribution in [0.1, 0.15) is 5.56 Å². The lowest BCUT2D eigenvalue weighted by Gasteiger charge is -2.11. The zero-order valence-corrected chi connectivity index (χ0v) is 8.65. The highest BCUT2D eigenvalue weighted by molar-refractivity contribution is 5.73. The molecular weight excluding hydrogens is 196 g/mol. The topological polar surface area (TPSA) is 90.7 Å². The van der Waals surface area contributed by atoms with Gasteiger partial charge in [0.15, 0.2) is 11.5 Å². The number of methoxy groups -OCH3 is 2. The molecule has 0 bridgehead atoms. The molecule has 1 rings (SSSR count). The second-order valence-corrected chi connectivity index (χ2v) is 2.85. The first kappa shape index (κ1) is 11.0. The average Bonchev–Trinajstić information content (AvgIpc) is 2.27. The van der Waals surface area contributed by atoms with Gasteiger partial charge in [-0.15, -0.1) is 0 Å². The third-order valence-electron chi connectivity index (χ3n) is 1.99. The molecule has 5 N–H and O–H groups in total. The van der Waals surface area contributed by atoms with Crippen LogP contribution < -0.4 is 20.9 Å². The zero-order valence-electron chi connectivity index (χ0n) is 8.65. The Hall–Kier alpha value is -2.04. The molecule has 15 heavy (non-hydrogen) atoms. The number of hydrogen-bond donors (Lipinski definition) is 3. The molecule has 0 atom stereocenters. The molecule has 5 nitrogen and oxygen atoms in total. The third kappa shape index (κ3) is 2.07. The lowest BCUT2D eigenvalue weighted by atomic mass is 10.1. The molecule has 82 valence electrons. The highest BCUT2D eigenvalue weighted by Gasteiger charge is 2.11. The van der Waals surface area contributed by atoms with Crippen LogP contribution in [0.2, 0.25) is 0 Å². The van der Waals surface area contributed by atoms with E-state index in [0.717, 1.165) is 6.20 Å². The Morgan fingerprint density at radius 2 is 1.80 bits per heavy atom. The molecule has 1 aromatic carbocycles. The highest BCUT2D eigenvalue weighted by atomic mass is 16.5. The summed E-state index contributed by atoms with van der Waals surface area (Å²) >= 11 is 0. The van der Waals surface area contributed by atoms with E-state index in [1.165, 1.54) is 14.2 Å². The zero-order chi connectivity index (χ0) is 11.4. The number of aliphatic hydroxyl groups excluding tert-OH is 1. The molecule has 0 aliphatic rings. The molecule has 0 radical (unpaired) electrons. The van der Waals surface area contributed by atoms with Gasteiger partial charge in [-0.05, 0) is 6.07 Å². The summed E-state index contributed by atoms with van der Waals surface area (Å²) in [6, 6.07) is 3.13. The van der Waals surface area contributed by atoms with Crippen molar-refractivity contribution >= 4 is 11.4 Å². The minimum atomic E-state index is -0.103. The fourth-order valence-electron chi connectivity index (χ4n) is 1.21. The minimum absolute atomic E-state index is 0.103. The second kappa shape index (κ2) is 4.45. The molecule has 0 amide bonds. The quantitative estimate of drug-likeness (QED) is 0.513. The molecule has 0 fully saturated rings. The van der Waals surface area contributed by atoms with E-state index in [4.69, 9.17) is 20.9 Å². The van der Waals surface area contributed by atoms with Crippen molar-refractivity contribution in [2.75, 3.05) is 20.0 Å². The van der Waals surface area contributed by atoms with Crippen LogP contribution in [0.5, 0.6) is 11.5 Å². The van der Waals surface area contributed by atoms with Gasteiger partial charge >= 0.3 is 0 Å². The maximum absolute atomic E-state index is 9.45. The van der Waals surface area contributed by atoms with E-state index in [-0.39, 0.29) is 5.76 Å². The molecule has 0 saturated heterocycles. The van der Waals surface area contributed by atoms with Gasteiger partial charge in [-0.3, -0.25) is 0 Å². The molecule has 0 saturated carbocycles. The Morgan fingerprint density at radius 1 is 1.27 bits per heavy atom. The molecule has 0 unspecified atom stereocenters. The van der Waals surface area contributed by atoms with E-state index in [1.807, 2.05) is 0 Å². The van der Waals surface area contributed by atoms with Crippen molar-refractivity contribution in [2.45, 2.75) is 0 Å². The van der Waals surface area contributed by atoms with Gasteiger partial charge < -0.3 is 26.0 Å². The summed E-state index contributed by atoms with van der Waals surface area (Å²) in [5.74, 6) is 0.882. The van der Waals surface area contributed by atoms with Crippen molar-refractivity contribution in [3.8, 4) is 11.5 Å². The summed E-state index contributed by atoms with van der Waals surface area (Å²) in [6.07, 6.45) is 1.07. The summed E-state index contributed by atoms with van der Waals surface area (Å²) in [7, 11) is 3.01. The number of aliphatic hydroxyl groups is 1. The molecule has 0 aliphatic carbocycles. The Morgan fingerprint density at radius 3 is 2.27 bits per heavy atom. The lowest BCUT2D eigenvalue weighted by Crippen LogP contribution is -1.99. The Kier molecular flexibility index (Phi) is 3.28. The van der Waals surface area contributed by atoms with Gasteiger partial charge in [-0.25, -0.2) is 0 Å². The first-order chi connectivity index (χ1) is 7.13. The van der Waals surface area contributed by atoms with Crippen molar-refractivity contribution < 1.29 is 14.6 Å². The standard InChI is InChI=1S/C10H14N2O3/c1-14-9-3-6(8(13)5-11)7(12)4-10(9)15-2/h3-5,13H,11-12H2,1-2H3/b8-5+. The van der Waals surface area contributed by atoms with Crippen molar-refractivity contribution in [1.29, 1.82) is 0 Å². The normalized spacial score (nSPS) is 11.2. The minimum Gasteiger partial charge on any atom is -0.506 e. The summed E-state index contributed by atoms with van der Waals surface area (Å²) in [5.41, 5.74) is 11.7. The Labute approximate surface area is 87.9 Å². The molecule has 0 spiro atoms. The van der Waals surface area contributed by atoms with Crippen LogP contribution >= 0.6 is 0 Å². The number of anilines is 1. The van der Waals surface area contributed by atoms with Crippen LogP contribution in [-0.2, 0) is 0 Å². The maximum atomic E-state index is 9.45. The monoisotopic (exact) mass is 210 g/mol. The van der Waals surface area contributed by atoms with E-state index < -0.39 is 0 Å². The van der Waals surface area contributed by atoms with Crippen LogP contribution in [0.15, 0.2) is 18.3 Å². The van der Waals surface area contributed by atoms with Gasteiger partial charge in [-0.2, -0.15) is 0 Å². The summed E-state index contributed by atoms with van der Waals surface area (Å²) in [4.78, 5) is 0. The molecule has 0 heterocycles. The SMILES string of the molecule is COc1cc(N)c(/C(O)=C\N)cc1OC. The number of benzene rings is 1. The van der Waals surface area contributed by atoms with Crippen molar-refractivity contribution in [2.24, 2.45) is 5.73 Å². The fourth-order valence-corrected chi connectivity index (χ4v) is 1.21. The Balaban J connectivity index is 3.32. The second-order valence-electron chi connectivity index (χ2n) is 2.85. The highest BCUT2D eigenvalue weighted by Crippen LogP contribution is 2.34. The van der Waals surface area contributed by atoms with Crippen LogP contribution in [0.4, 0.5) is 5.69 Å². The first-order valence-corrected chi connectivity index (χ1v) is 4.26. The molecule has 0 aliphatic heterocycles. The number of nitrogens with two attached hydrogens (primary N) is 2. The van der Waals surface area contributed by atoms with Crippen LogP contribution in [0, 0.1) is 0 Å². The van der Waals surface area contributed by atoms with Crippen LogP contribution in [-0.4, -0.2) is 19.3 Å². The van der Waals surface area contributed by atoms with Gasteiger partial charge in [0.1, 0.15) is 5.76 Å². The summed E-state index contributed by atoms with van der Waals surface area (Å²) in [6.45, 7) is 0. The predicted molar refractivity (Wildman–Crippen MR) is 58.8 cm³/mol. The lowest BCUT2D eigenvalue weighted by molar-refractivity contribution is 0.355. The molecular formula is C10H14N2O3. The summed E-state index contributed by atoms with van der Waals surface area (Å²) < 4.78 is 10.1. The predicted octanol–water partition coefficient (Wildman–Crippen LogP) is 1.10. The van der Waals surface area contributed by atoms with E-state index in [1.54, 1.807) is 12.1 Å². The molecule has 1 aromatic rings. The van der Waals surface area contributed by atoms with Crippen LogP contribution in [0.25, 0.3) is 5.76 Å². The molecule has 5 heteroatoms. The van der Waals surface area contributed by atoms with E-state index in [9.17, 15) is 5.11 Å². The largest absolute Gasteiger partial charge is 0.506 e. The number of rotatable bonds is 3. The first-order valence-electron chi connectivity index (χ1n) is 4.26. The van der Waals surface area contributed by atoms with Gasteiger partial charge in [0, 0.05) is 23.5 Å². The number of hydrogen-bond acceptors (Lipinski definition) is 5. The van der Waals surface area contributed by atoms with Crippen LogP contribution in [0.3, 0.4) is 0 Å². The average molecular weight is 210 g/mol. The summed E-state index contributed by atoms with van der Waals surface area (Å²) in [5, 5.41) is 9.45. The number of ether oxygens (including phenoxy) is 2. The Bertz CT molecular complexity index is 388. The fraction of sp³-hybridized carbons (Fsp3) is 0.200. The van der Waals surface area contributed by atoms with E-state index in [0.29, 0.717) is 22.7 Å². The van der Waals surface area contributed by atoms with Crippen molar-refractivity contribution in [1.82, 2.24) is 0 Å². The van der Waals surface area contributed by atoms with Crippen molar-refractivity contribution in [3.05, 3.63) is 23.9 Å². The van der Waals surface area contributed by atoms with Gasteiger partial charge in [-0.1, -0.05) is 0 Å².